The molecular formula is C12H16ClN3O3. The maximum absolute atomic E-state index is 11.5. The lowest BCUT2D eigenvalue weighted by Gasteiger charge is -2.01. The van der Waals surface area contributed by atoms with E-state index in [1.807, 2.05) is 0 Å². The third-order valence-corrected chi connectivity index (χ3v) is 2.76. The maximum atomic E-state index is 11.5. The zero-order valence-corrected chi connectivity index (χ0v) is 11.8. The average Bonchev–Trinajstić information content (AvgIpc) is 2.59. The van der Waals surface area contributed by atoms with Gasteiger partial charge in [-0.25, -0.2) is 0 Å². The van der Waals surface area contributed by atoms with Gasteiger partial charge in [-0.05, 0) is 19.9 Å². The molecule has 0 aliphatic heterocycles. The van der Waals surface area contributed by atoms with Gasteiger partial charge in [0.25, 0.3) is 0 Å². The first-order chi connectivity index (χ1) is 8.95. The van der Waals surface area contributed by atoms with Gasteiger partial charge in [0, 0.05) is 18.7 Å². The minimum atomic E-state index is -0.472. The Kier molecular flexibility index (Phi) is 5.57. The molecule has 0 bridgehead atoms. The smallest absolute Gasteiger partial charge is 0.325 e. The lowest BCUT2D eigenvalue weighted by atomic mass is 10.2. The summed E-state index contributed by atoms with van der Waals surface area (Å²) in [5, 5.41) is 6.98. The Morgan fingerprint density at radius 1 is 1.53 bits per heavy atom. The van der Waals surface area contributed by atoms with E-state index < -0.39 is 11.9 Å². The number of amides is 1. The zero-order chi connectivity index (χ0) is 14.4. The van der Waals surface area contributed by atoms with Crippen LogP contribution in [-0.4, -0.2) is 34.8 Å². The second kappa shape index (κ2) is 6.94. The molecule has 0 aliphatic carbocycles. The van der Waals surface area contributed by atoms with E-state index in [0.29, 0.717) is 10.7 Å². The summed E-state index contributed by atoms with van der Waals surface area (Å²) in [5.41, 5.74) is 1.40. The highest BCUT2D eigenvalue weighted by atomic mass is 35.5. The molecule has 1 amide bonds. The summed E-state index contributed by atoms with van der Waals surface area (Å²) >= 11 is 6.01. The van der Waals surface area contributed by atoms with Crippen LogP contribution in [0, 0.1) is 6.92 Å². The van der Waals surface area contributed by atoms with Crippen molar-refractivity contribution in [3.63, 3.8) is 0 Å². The molecule has 1 aromatic rings. The Hall–Kier alpha value is -1.82. The molecule has 0 saturated heterocycles. The summed E-state index contributed by atoms with van der Waals surface area (Å²) in [7, 11) is 1.72. The van der Waals surface area contributed by atoms with Crippen LogP contribution in [0.5, 0.6) is 0 Å². The fourth-order valence-corrected chi connectivity index (χ4v) is 1.66. The van der Waals surface area contributed by atoms with Gasteiger partial charge in [0.05, 0.1) is 12.3 Å². The molecular weight excluding hydrogens is 270 g/mol. The quantitative estimate of drug-likeness (QED) is 0.649. The molecule has 19 heavy (non-hydrogen) atoms. The molecule has 0 aromatic carbocycles. The summed E-state index contributed by atoms with van der Waals surface area (Å²) < 4.78 is 6.21. The average molecular weight is 286 g/mol. The Labute approximate surface area is 116 Å². The first-order valence-corrected chi connectivity index (χ1v) is 6.14. The third kappa shape index (κ3) is 4.40. The molecule has 1 rings (SSSR count). The number of rotatable bonds is 5. The highest BCUT2D eigenvalue weighted by molar-refractivity contribution is 6.31. The number of aryl methyl sites for hydroxylation is 2. The van der Waals surface area contributed by atoms with Gasteiger partial charge >= 0.3 is 5.97 Å². The fourth-order valence-electron chi connectivity index (χ4n) is 1.42. The van der Waals surface area contributed by atoms with E-state index >= 15 is 0 Å². The molecule has 0 aliphatic rings. The number of carbonyl (C=O) groups excluding carboxylic acids is 2. The van der Waals surface area contributed by atoms with Crippen LogP contribution < -0.4 is 5.32 Å². The van der Waals surface area contributed by atoms with Crippen molar-refractivity contribution in [2.75, 3.05) is 13.2 Å². The lowest BCUT2D eigenvalue weighted by molar-refractivity contribution is -0.143. The lowest BCUT2D eigenvalue weighted by Crippen LogP contribution is -2.29. The van der Waals surface area contributed by atoms with E-state index in [2.05, 4.69) is 15.2 Å². The van der Waals surface area contributed by atoms with Crippen LogP contribution in [-0.2, 0) is 21.4 Å². The van der Waals surface area contributed by atoms with Crippen molar-refractivity contribution in [2.24, 2.45) is 7.05 Å². The monoisotopic (exact) mass is 285 g/mol. The van der Waals surface area contributed by atoms with Gasteiger partial charge in [0.1, 0.15) is 11.7 Å². The first kappa shape index (κ1) is 15.2. The summed E-state index contributed by atoms with van der Waals surface area (Å²) in [6, 6.07) is 0. The third-order valence-electron chi connectivity index (χ3n) is 2.31. The van der Waals surface area contributed by atoms with Crippen molar-refractivity contribution in [1.29, 1.82) is 0 Å². The summed E-state index contributed by atoms with van der Waals surface area (Å²) in [5.74, 6) is -0.868. The minimum Gasteiger partial charge on any atom is -0.465 e. The zero-order valence-electron chi connectivity index (χ0n) is 11.1. The molecule has 0 unspecified atom stereocenters. The molecule has 1 heterocycles. The number of aromatic nitrogens is 2. The van der Waals surface area contributed by atoms with Gasteiger partial charge in [-0.1, -0.05) is 11.6 Å². The van der Waals surface area contributed by atoms with Gasteiger partial charge in [-0.2, -0.15) is 5.10 Å². The molecule has 0 spiro atoms. The number of hydrogen-bond donors (Lipinski definition) is 1. The van der Waals surface area contributed by atoms with Crippen LogP contribution >= 0.6 is 11.6 Å². The van der Waals surface area contributed by atoms with E-state index in [1.165, 1.54) is 10.8 Å². The van der Waals surface area contributed by atoms with Crippen molar-refractivity contribution in [2.45, 2.75) is 13.8 Å². The molecule has 1 N–H and O–H groups in total. The predicted octanol–water partition coefficient (Wildman–Crippen LogP) is 1.07. The fraction of sp³-hybridized carbons (Fsp3) is 0.417. The second-order valence-corrected chi connectivity index (χ2v) is 4.13. The number of ether oxygens (including phenoxy) is 1. The van der Waals surface area contributed by atoms with Crippen molar-refractivity contribution in [3.05, 3.63) is 22.5 Å². The van der Waals surface area contributed by atoms with Crippen molar-refractivity contribution in [3.8, 4) is 0 Å². The number of hydrogen-bond acceptors (Lipinski definition) is 4. The Bertz CT molecular complexity index is 509. The van der Waals surface area contributed by atoms with Gasteiger partial charge in [-0.15, -0.1) is 0 Å². The molecule has 0 atom stereocenters. The van der Waals surface area contributed by atoms with Gasteiger partial charge in [0.2, 0.25) is 5.91 Å². The van der Waals surface area contributed by atoms with Crippen LogP contribution in [0.4, 0.5) is 0 Å². The van der Waals surface area contributed by atoms with Crippen LogP contribution in [0.25, 0.3) is 6.08 Å². The van der Waals surface area contributed by atoms with Gasteiger partial charge in [-0.3, -0.25) is 14.3 Å². The van der Waals surface area contributed by atoms with E-state index in [-0.39, 0.29) is 13.2 Å². The van der Waals surface area contributed by atoms with Crippen molar-refractivity contribution < 1.29 is 14.3 Å². The molecule has 1 aromatic heterocycles. The predicted molar refractivity (Wildman–Crippen MR) is 71.6 cm³/mol. The number of nitrogens with zero attached hydrogens (tertiary/aromatic N) is 2. The van der Waals surface area contributed by atoms with E-state index in [1.54, 1.807) is 27.0 Å². The molecule has 104 valence electrons. The number of esters is 1. The normalized spacial score (nSPS) is 10.7. The summed E-state index contributed by atoms with van der Waals surface area (Å²) in [6.07, 6.45) is 2.86. The second-order valence-electron chi connectivity index (χ2n) is 3.77. The van der Waals surface area contributed by atoms with Gasteiger partial charge < -0.3 is 10.1 Å². The molecule has 0 saturated carbocycles. The van der Waals surface area contributed by atoms with Crippen LogP contribution in [0.2, 0.25) is 5.15 Å². The standard InChI is InChI=1S/C12H16ClN3O3/c1-4-19-11(18)7-14-10(17)6-5-9-8(2)15-16(3)12(9)13/h5-6H,4,7H2,1-3H3,(H,14,17)/b6-5+. The van der Waals surface area contributed by atoms with Crippen LogP contribution in [0.3, 0.4) is 0 Å². The minimum absolute atomic E-state index is 0.156. The van der Waals surface area contributed by atoms with Crippen LogP contribution in [0.1, 0.15) is 18.2 Å². The number of nitrogens with one attached hydrogen (secondary N) is 1. The van der Waals surface area contributed by atoms with Crippen LogP contribution in [0.15, 0.2) is 6.08 Å². The van der Waals surface area contributed by atoms with E-state index in [9.17, 15) is 9.59 Å². The van der Waals surface area contributed by atoms with Crippen molar-refractivity contribution in [1.82, 2.24) is 15.1 Å². The Morgan fingerprint density at radius 2 is 2.21 bits per heavy atom. The summed E-state index contributed by atoms with van der Waals surface area (Å²) in [4.78, 5) is 22.5. The number of halogens is 1. The maximum Gasteiger partial charge on any atom is 0.325 e. The Morgan fingerprint density at radius 3 is 2.74 bits per heavy atom. The first-order valence-electron chi connectivity index (χ1n) is 5.76. The molecule has 6 nitrogen and oxygen atoms in total. The Balaban J connectivity index is 2.57. The van der Waals surface area contributed by atoms with E-state index in [0.717, 1.165) is 5.69 Å². The SMILES string of the molecule is CCOC(=O)CNC(=O)/C=C/c1c(C)nn(C)c1Cl. The molecule has 7 heteroatoms. The van der Waals surface area contributed by atoms with Gasteiger partial charge in [0.15, 0.2) is 0 Å². The molecule has 0 radical (unpaired) electrons. The van der Waals surface area contributed by atoms with E-state index in [4.69, 9.17) is 11.6 Å². The highest BCUT2D eigenvalue weighted by Gasteiger charge is 2.08. The molecule has 0 fully saturated rings. The topological polar surface area (TPSA) is 73.2 Å². The van der Waals surface area contributed by atoms with Crippen molar-refractivity contribution >= 4 is 29.6 Å². The number of carbonyl (C=O) groups is 2. The largest absolute Gasteiger partial charge is 0.465 e. The highest BCUT2D eigenvalue weighted by Crippen LogP contribution is 2.19. The summed E-state index contributed by atoms with van der Waals surface area (Å²) in [6.45, 7) is 3.63.